The molecule has 7 nitrogen and oxygen atoms in total. The fourth-order valence-electron chi connectivity index (χ4n) is 6.71. The minimum absolute atomic E-state index is 0.0126. The third-order valence-electron chi connectivity index (χ3n) is 9.16. The molecule has 2 aromatic carbocycles. The highest BCUT2D eigenvalue weighted by Gasteiger charge is 2.39. The minimum Gasteiger partial charge on any atom is -0.382 e. The third kappa shape index (κ3) is 8.53. The summed E-state index contributed by atoms with van der Waals surface area (Å²) in [6, 6.07) is 6.81. The van der Waals surface area contributed by atoms with Gasteiger partial charge in [-0.05, 0) is 61.6 Å². The average molecular weight is 657 g/mol. The highest BCUT2D eigenvalue weighted by Crippen LogP contribution is 2.37. The second-order valence-electron chi connectivity index (χ2n) is 12.5. The maximum atomic E-state index is 13.8. The fraction of sp³-hybridized carbons (Fsp3) is 0.606. The van der Waals surface area contributed by atoms with Gasteiger partial charge >= 0.3 is 12.4 Å². The molecule has 3 saturated heterocycles. The number of morpholine rings is 1. The quantitative estimate of drug-likeness (QED) is 0.340. The van der Waals surface area contributed by atoms with Crippen LogP contribution in [0.1, 0.15) is 45.5 Å². The van der Waals surface area contributed by atoms with Crippen LogP contribution in [0.3, 0.4) is 0 Å². The van der Waals surface area contributed by atoms with Crippen LogP contribution in [-0.4, -0.2) is 112 Å². The Hall–Kier alpha value is -2.87. The predicted octanol–water partition coefficient (Wildman–Crippen LogP) is 5.35. The molecule has 0 aromatic heterocycles. The van der Waals surface area contributed by atoms with Gasteiger partial charge in [0.05, 0.1) is 30.4 Å². The van der Waals surface area contributed by atoms with Crippen LogP contribution in [0.25, 0.3) is 0 Å². The van der Waals surface area contributed by atoms with Gasteiger partial charge in [0.2, 0.25) is 0 Å². The van der Waals surface area contributed by atoms with Crippen molar-refractivity contribution in [2.75, 3.05) is 84.1 Å². The molecular weight excluding hydrogens is 614 g/mol. The normalized spacial score (nSPS) is 22.1. The summed E-state index contributed by atoms with van der Waals surface area (Å²) >= 11 is 0. The molecule has 2 aromatic rings. The number of methoxy groups -OCH3 is 1. The molecule has 254 valence electrons. The number of aryl methyl sites for hydroxylation is 1. The van der Waals surface area contributed by atoms with Gasteiger partial charge in [-0.25, -0.2) is 0 Å². The molecule has 46 heavy (non-hydrogen) atoms. The molecular formula is C33H42F6N4O3. The Morgan fingerprint density at radius 1 is 0.870 bits per heavy atom. The molecule has 2 atom stereocenters. The van der Waals surface area contributed by atoms with Gasteiger partial charge in [-0.1, -0.05) is 12.1 Å². The summed E-state index contributed by atoms with van der Waals surface area (Å²) in [6.07, 6.45) is -7.46. The van der Waals surface area contributed by atoms with E-state index in [0.717, 1.165) is 62.4 Å². The maximum absolute atomic E-state index is 13.8. The molecule has 0 N–H and O–H groups in total. The van der Waals surface area contributed by atoms with Crippen LogP contribution >= 0.6 is 0 Å². The van der Waals surface area contributed by atoms with Crippen LogP contribution in [-0.2, 0) is 28.2 Å². The van der Waals surface area contributed by atoms with Crippen LogP contribution in [0.2, 0.25) is 0 Å². The average Bonchev–Trinajstić information content (AvgIpc) is 3.55. The molecule has 0 saturated carbocycles. The van der Waals surface area contributed by atoms with Crippen LogP contribution in [0, 0.1) is 6.92 Å². The number of amides is 1. The molecule has 5 rings (SSSR count). The van der Waals surface area contributed by atoms with E-state index >= 15 is 0 Å². The van der Waals surface area contributed by atoms with Gasteiger partial charge in [-0.3, -0.25) is 14.6 Å². The minimum atomic E-state index is -5.04. The summed E-state index contributed by atoms with van der Waals surface area (Å²) in [5.41, 5.74) is -0.387. The maximum Gasteiger partial charge on any atom is 0.416 e. The van der Waals surface area contributed by atoms with E-state index in [4.69, 9.17) is 9.47 Å². The fourth-order valence-corrected chi connectivity index (χ4v) is 6.71. The Morgan fingerprint density at radius 3 is 2.15 bits per heavy atom. The molecule has 13 heteroatoms. The van der Waals surface area contributed by atoms with Crippen LogP contribution in [0.15, 0.2) is 36.4 Å². The van der Waals surface area contributed by atoms with Crippen molar-refractivity contribution in [1.29, 1.82) is 0 Å². The molecule has 3 aliphatic heterocycles. The van der Waals surface area contributed by atoms with Crippen LogP contribution in [0.4, 0.5) is 32.0 Å². The molecule has 0 aliphatic carbocycles. The van der Waals surface area contributed by atoms with Gasteiger partial charge in [-0.2, -0.15) is 26.3 Å². The van der Waals surface area contributed by atoms with Gasteiger partial charge in [-0.15, -0.1) is 0 Å². The number of anilines is 1. The molecule has 0 bridgehead atoms. The Bertz CT molecular complexity index is 1310. The van der Waals surface area contributed by atoms with Crippen molar-refractivity contribution < 1.29 is 40.6 Å². The van der Waals surface area contributed by atoms with E-state index in [9.17, 15) is 31.1 Å². The number of piperazine rings is 1. The topological polar surface area (TPSA) is 48.5 Å². The zero-order valence-corrected chi connectivity index (χ0v) is 26.3. The summed E-state index contributed by atoms with van der Waals surface area (Å²) in [4.78, 5) is 22.1. The Morgan fingerprint density at radius 2 is 1.52 bits per heavy atom. The van der Waals surface area contributed by atoms with Gasteiger partial charge in [0, 0.05) is 83.3 Å². The lowest BCUT2D eigenvalue weighted by molar-refractivity contribution is -0.143. The first kappa shape index (κ1) is 34.5. The molecule has 3 aliphatic rings. The zero-order chi connectivity index (χ0) is 33.1. The van der Waals surface area contributed by atoms with Gasteiger partial charge in [0.1, 0.15) is 0 Å². The first-order valence-electron chi connectivity index (χ1n) is 15.8. The van der Waals surface area contributed by atoms with Crippen molar-refractivity contribution in [1.82, 2.24) is 14.7 Å². The number of carbonyl (C=O) groups is 1. The summed E-state index contributed by atoms with van der Waals surface area (Å²) in [5, 5.41) is 0. The van der Waals surface area contributed by atoms with Crippen molar-refractivity contribution in [2.24, 2.45) is 0 Å². The van der Waals surface area contributed by atoms with Gasteiger partial charge < -0.3 is 19.3 Å². The zero-order valence-electron chi connectivity index (χ0n) is 26.3. The first-order chi connectivity index (χ1) is 21.8. The number of carbonyl (C=O) groups excluding carboxylic acids is 1. The molecule has 0 spiro atoms. The molecule has 1 amide bonds. The summed E-state index contributed by atoms with van der Waals surface area (Å²) in [5.74, 6) is -0.830. The van der Waals surface area contributed by atoms with E-state index in [1.165, 1.54) is 4.90 Å². The second kappa shape index (κ2) is 14.5. The van der Waals surface area contributed by atoms with Crippen molar-refractivity contribution >= 4 is 11.6 Å². The van der Waals surface area contributed by atoms with Crippen LogP contribution in [0.5, 0.6) is 0 Å². The standard InChI is InChI=1S/C33H42F6N4O3/c1-23-5-6-24(16-30(23)42-7-3-4-8-42)15-28-20-40(9-10-41-13-14-46-29(21-41)22-45-2)11-12-43(28)31(44)25-17-26(32(34,35)36)19-27(18-25)33(37,38)39/h5-6,16-19,28-29H,3-4,7-15,20-22H2,1-2H3. The number of benzene rings is 2. The van der Waals surface area contributed by atoms with Crippen LogP contribution < -0.4 is 4.90 Å². The van der Waals surface area contributed by atoms with Gasteiger partial charge in [0.25, 0.3) is 5.91 Å². The predicted molar refractivity (Wildman–Crippen MR) is 162 cm³/mol. The number of alkyl halides is 6. The Kier molecular flexibility index (Phi) is 10.9. The number of halogens is 6. The van der Waals surface area contributed by atoms with Crippen molar-refractivity contribution in [3.05, 3.63) is 64.2 Å². The molecule has 2 unspecified atom stereocenters. The Balaban J connectivity index is 1.39. The lowest BCUT2D eigenvalue weighted by atomic mass is 9.97. The highest BCUT2D eigenvalue weighted by molar-refractivity contribution is 5.95. The first-order valence-corrected chi connectivity index (χ1v) is 15.8. The van der Waals surface area contributed by atoms with Gasteiger partial charge in [0.15, 0.2) is 0 Å². The third-order valence-corrected chi connectivity index (χ3v) is 9.16. The van der Waals surface area contributed by atoms with E-state index in [1.807, 2.05) is 19.1 Å². The highest BCUT2D eigenvalue weighted by atomic mass is 19.4. The largest absolute Gasteiger partial charge is 0.416 e. The lowest BCUT2D eigenvalue weighted by Gasteiger charge is -2.43. The molecule has 3 fully saturated rings. The lowest BCUT2D eigenvalue weighted by Crippen LogP contribution is -2.57. The summed E-state index contributed by atoms with van der Waals surface area (Å²) in [7, 11) is 1.63. The number of ether oxygens (including phenoxy) is 2. The number of rotatable bonds is 9. The summed E-state index contributed by atoms with van der Waals surface area (Å²) in [6.45, 7) is 9.10. The number of hydrogen-bond acceptors (Lipinski definition) is 6. The SMILES string of the molecule is COCC1CN(CCN2CCN(C(=O)c3cc(C(F)(F)F)cc(C(F)(F)F)c3)C(Cc3ccc(C)c(N4CCCC4)c3)C2)CCO1. The molecule has 3 heterocycles. The van der Waals surface area contributed by atoms with E-state index in [-0.39, 0.29) is 18.7 Å². The van der Waals surface area contributed by atoms with E-state index in [0.29, 0.717) is 51.4 Å². The van der Waals surface area contributed by atoms with Crippen molar-refractivity contribution in [3.63, 3.8) is 0 Å². The Labute approximate surface area is 266 Å². The van der Waals surface area contributed by atoms with E-state index < -0.39 is 41.0 Å². The van der Waals surface area contributed by atoms with Crippen molar-refractivity contribution in [2.45, 2.75) is 50.7 Å². The smallest absolute Gasteiger partial charge is 0.382 e. The second-order valence-corrected chi connectivity index (χ2v) is 12.5. The van der Waals surface area contributed by atoms with E-state index in [1.54, 1.807) is 7.11 Å². The number of hydrogen-bond donors (Lipinski definition) is 0. The molecule has 0 radical (unpaired) electrons. The summed E-state index contributed by atoms with van der Waals surface area (Å²) < 4.78 is 92.8. The number of nitrogens with zero attached hydrogens (tertiary/aromatic N) is 4. The van der Waals surface area contributed by atoms with Crippen molar-refractivity contribution in [3.8, 4) is 0 Å². The monoisotopic (exact) mass is 656 g/mol. The van der Waals surface area contributed by atoms with E-state index in [2.05, 4.69) is 20.8 Å².